The Morgan fingerprint density at radius 3 is 2.60 bits per heavy atom. The molecule has 1 aliphatic rings. The fourth-order valence-electron chi connectivity index (χ4n) is 2.42. The smallest absolute Gasteiger partial charge is 0.378 e. The largest absolute Gasteiger partial charge is 0.499 e. The lowest BCUT2D eigenvalue weighted by molar-refractivity contribution is -0.148. The second kappa shape index (κ2) is 8.64. The van der Waals surface area contributed by atoms with Crippen molar-refractivity contribution < 1.29 is 34.4 Å². The number of benzene rings is 1. The van der Waals surface area contributed by atoms with E-state index < -0.39 is 37.2 Å². The van der Waals surface area contributed by atoms with Crippen LogP contribution in [0.5, 0.6) is 0 Å². The Kier molecular flexibility index (Phi) is 6.55. The van der Waals surface area contributed by atoms with Gasteiger partial charge in [-0.05, 0) is 18.4 Å². The molecule has 1 aliphatic heterocycles. The molecule has 0 saturated carbocycles. The Labute approximate surface area is 145 Å². The van der Waals surface area contributed by atoms with Crippen molar-refractivity contribution in [2.24, 2.45) is 0 Å². The summed E-state index contributed by atoms with van der Waals surface area (Å²) in [6, 6.07) is 7.14. The van der Waals surface area contributed by atoms with Crippen LogP contribution >= 0.6 is 0 Å². The van der Waals surface area contributed by atoms with E-state index in [0.717, 1.165) is 24.8 Å². The van der Waals surface area contributed by atoms with E-state index in [1.807, 2.05) is 12.1 Å². The van der Waals surface area contributed by atoms with Gasteiger partial charge in [-0.2, -0.15) is 0 Å². The molecule has 0 radical (unpaired) electrons. The molecule has 0 unspecified atom stereocenters. The number of ketones is 1. The van der Waals surface area contributed by atoms with Gasteiger partial charge in [-0.15, -0.1) is 0 Å². The molecule has 0 saturated heterocycles. The molecule has 2 rings (SSSR count). The number of Topliss-reactive ketones (excluding diaryl/α,β-unsaturated/α-hetero) is 1. The zero-order valence-electron chi connectivity index (χ0n) is 14.0. The normalized spacial score (nSPS) is 18.2. The maximum atomic E-state index is 12.2. The first-order chi connectivity index (χ1) is 12.0. The molecule has 136 valence electrons. The molecule has 0 bridgehead atoms. The van der Waals surface area contributed by atoms with Gasteiger partial charge >= 0.3 is 5.97 Å². The van der Waals surface area contributed by atoms with Crippen LogP contribution in [-0.2, 0) is 20.7 Å². The van der Waals surface area contributed by atoms with Gasteiger partial charge in [0.15, 0.2) is 24.3 Å². The number of carbonyl (C=O) groups excluding carboxylic acids is 2. The number of esters is 1. The molecule has 7 heteroatoms. The van der Waals surface area contributed by atoms with Crippen molar-refractivity contribution in [1.29, 1.82) is 0 Å². The standard InChI is InChI=1S/C18H22O7/c1-2-3-4-11-5-7-12(8-6-11)14(21)10-24-17-15(22)18(23)25-16(17)13(20)9-19/h5-8,13,16,19-20,22H,2-4,9-10H2,1H3/t13-,16+/m0/s1. The van der Waals surface area contributed by atoms with Crippen molar-refractivity contribution >= 4 is 11.8 Å². The lowest BCUT2D eigenvalue weighted by atomic mass is 10.0. The topological polar surface area (TPSA) is 113 Å². The SMILES string of the molecule is CCCCc1ccc(C(=O)COC2=C(O)C(=O)O[C@@H]2[C@@H](O)CO)cc1. The minimum absolute atomic E-state index is 0.348. The predicted octanol–water partition coefficient (Wildman–Crippen LogP) is 1.28. The van der Waals surface area contributed by atoms with E-state index in [-0.39, 0.29) is 11.5 Å². The predicted molar refractivity (Wildman–Crippen MR) is 88.0 cm³/mol. The minimum atomic E-state index is -1.45. The first-order valence-corrected chi connectivity index (χ1v) is 8.15. The summed E-state index contributed by atoms with van der Waals surface area (Å²) in [6.07, 6.45) is 0.335. The van der Waals surface area contributed by atoms with E-state index in [9.17, 15) is 19.8 Å². The van der Waals surface area contributed by atoms with E-state index in [1.54, 1.807) is 12.1 Å². The average molecular weight is 350 g/mol. The fourth-order valence-corrected chi connectivity index (χ4v) is 2.42. The third-order valence-electron chi connectivity index (χ3n) is 3.91. The highest BCUT2D eigenvalue weighted by atomic mass is 16.6. The number of unbranched alkanes of at least 4 members (excludes halogenated alkanes) is 1. The van der Waals surface area contributed by atoms with Crippen LogP contribution in [0.25, 0.3) is 0 Å². The molecule has 2 atom stereocenters. The fraction of sp³-hybridized carbons (Fsp3) is 0.444. The lowest BCUT2D eigenvalue weighted by Crippen LogP contribution is -2.33. The van der Waals surface area contributed by atoms with Gasteiger partial charge in [0.05, 0.1) is 6.61 Å². The molecule has 1 aromatic carbocycles. The van der Waals surface area contributed by atoms with Gasteiger partial charge in [0.2, 0.25) is 5.76 Å². The summed E-state index contributed by atoms with van der Waals surface area (Å²) in [6.45, 7) is 0.988. The number of cyclic esters (lactones) is 1. The van der Waals surface area contributed by atoms with Crippen LogP contribution in [0.1, 0.15) is 35.7 Å². The third kappa shape index (κ3) is 4.58. The Morgan fingerprint density at radius 2 is 2.00 bits per heavy atom. The highest BCUT2D eigenvalue weighted by Gasteiger charge is 2.40. The zero-order valence-corrected chi connectivity index (χ0v) is 14.0. The van der Waals surface area contributed by atoms with Gasteiger partial charge < -0.3 is 24.8 Å². The highest BCUT2D eigenvalue weighted by molar-refractivity contribution is 5.97. The summed E-state index contributed by atoms with van der Waals surface area (Å²) < 4.78 is 9.92. The van der Waals surface area contributed by atoms with Gasteiger partial charge in [-0.25, -0.2) is 4.79 Å². The monoisotopic (exact) mass is 350 g/mol. The Balaban J connectivity index is 1.99. The van der Waals surface area contributed by atoms with Gasteiger partial charge in [0.1, 0.15) is 6.10 Å². The molecule has 1 aromatic rings. The zero-order chi connectivity index (χ0) is 18.4. The molecule has 0 amide bonds. The summed E-state index contributed by atoms with van der Waals surface area (Å²) >= 11 is 0. The van der Waals surface area contributed by atoms with Gasteiger partial charge in [-0.3, -0.25) is 4.79 Å². The minimum Gasteiger partial charge on any atom is -0.499 e. The number of hydrogen-bond donors (Lipinski definition) is 3. The Hall–Kier alpha value is -2.38. The van der Waals surface area contributed by atoms with E-state index in [0.29, 0.717) is 5.56 Å². The number of aliphatic hydroxyl groups is 3. The summed E-state index contributed by atoms with van der Waals surface area (Å²) in [5.41, 5.74) is 1.57. The average Bonchev–Trinajstić information content (AvgIpc) is 2.92. The molecular weight excluding hydrogens is 328 g/mol. The van der Waals surface area contributed by atoms with Crippen molar-refractivity contribution in [1.82, 2.24) is 0 Å². The number of hydrogen-bond acceptors (Lipinski definition) is 7. The van der Waals surface area contributed by atoms with E-state index in [1.165, 1.54) is 0 Å². The maximum absolute atomic E-state index is 12.2. The lowest BCUT2D eigenvalue weighted by Gasteiger charge is -2.18. The van der Waals surface area contributed by atoms with Gasteiger partial charge in [0.25, 0.3) is 0 Å². The van der Waals surface area contributed by atoms with Crippen molar-refractivity contribution in [3.05, 3.63) is 46.9 Å². The quantitative estimate of drug-likeness (QED) is 0.454. The van der Waals surface area contributed by atoms with Crippen molar-refractivity contribution in [2.75, 3.05) is 13.2 Å². The molecule has 0 fully saturated rings. The van der Waals surface area contributed by atoms with Crippen LogP contribution in [0.15, 0.2) is 35.8 Å². The number of ether oxygens (including phenoxy) is 2. The highest BCUT2D eigenvalue weighted by Crippen LogP contribution is 2.25. The Morgan fingerprint density at radius 1 is 1.32 bits per heavy atom. The molecular formula is C18H22O7. The van der Waals surface area contributed by atoms with Crippen LogP contribution in [0, 0.1) is 0 Å². The molecule has 0 aliphatic carbocycles. The van der Waals surface area contributed by atoms with Crippen LogP contribution < -0.4 is 0 Å². The number of rotatable bonds is 9. The number of aliphatic hydroxyl groups excluding tert-OH is 3. The summed E-state index contributed by atoms with van der Waals surface area (Å²) in [4.78, 5) is 23.6. The number of carbonyl (C=O) groups is 2. The molecule has 3 N–H and O–H groups in total. The maximum Gasteiger partial charge on any atom is 0.378 e. The molecule has 0 aromatic heterocycles. The molecule has 1 heterocycles. The number of aryl methyl sites for hydroxylation is 1. The second-order valence-electron chi connectivity index (χ2n) is 5.80. The molecule has 25 heavy (non-hydrogen) atoms. The molecule has 0 spiro atoms. The van der Waals surface area contributed by atoms with Crippen LogP contribution in [0.2, 0.25) is 0 Å². The van der Waals surface area contributed by atoms with Crippen LogP contribution in [0.3, 0.4) is 0 Å². The second-order valence-corrected chi connectivity index (χ2v) is 5.80. The summed E-state index contributed by atoms with van der Waals surface area (Å²) in [5.74, 6) is -2.57. The summed E-state index contributed by atoms with van der Waals surface area (Å²) in [7, 11) is 0. The first kappa shape index (κ1) is 19.0. The van der Waals surface area contributed by atoms with Crippen molar-refractivity contribution in [3.8, 4) is 0 Å². The van der Waals surface area contributed by atoms with Gasteiger partial charge in [-0.1, -0.05) is 37.6 Å². The van der Waals surface area contributed by atoms with E-state index in [2.05, 4.69) is 6.92 Å². The first-order valence-electron chi connectivity index (χ1n) is 8.15. The van der Waals surface area contributed by atoms with Crippen LogP contribution in [0.4, 0.5) is 0 Å². The van der Waals surface area contributed by atoms with E-state index >= 15 is 0 Å². The van der Waals surface area contributed by atoms with Crippen LogP contribution in [-0.4, -0.2) is 52.5 Å². The Bertz CT molecular complexity index is 648. The van der Waals surface area contributed by atoms with Gasteiger partial charge in [0, 0.05) is 5.56 Å². The summed E-state index contributed by atoms with van der Waals surface area (Å²) in [5, 5.41) is 28.2. The van der Waals surface area contributed by atoms with E-state index in [4.69, 9.17) is 14.6 Å². The third-order valence-corrected chi connectivity index (χ3v) is 3.91. The molecule has 7 nitrogen and oxygen atoms in total. The van der Waals surface area contributed by atoms with Crippen molar-refractivity contribution in [2.45, 2.75) is 38.4 Å². The van der Waals surface area contributed by atoms with Crippen molar-refractivity contribution in [3.63, 3.8) is 0 Å².